The van der Waals surface area contributed by atoms with Crippen LogP contribution in [0.3, 0.4) is 0 Å². The number of rotatable bonds is 4. The largest absolute Gasteiger partial charge is 0.336 e. The Morgan fingerprint density at radius 2 is 2.29 bits per heavy atom. The number of fused-ring (bicyclic) bond motifs is 1. The first-order chi connectivity index (χ1) is 11.5. The Kier molecular flexibility index (Phi) is 4.50. The van der Waals surface area contributed by atoms with Crippen molar-refractivity contribution in [1.29, 1.82) is 0 Å². The topological polar surface area (TPSA) is 104 Å². The maximum atomic E-state index is 12.7. The van der Waals surface area contributed by atoms with Gasteiger partial charge in [-0.2, -0.15) is 5.10 Å². The Balaban J connectivity index is 1.81. The molecule has 0 radical (unpaired) electrons. The Bertz CT molecular complexity index is 804. The number of aromatic amines is 1. The summed E-state index contributed by atoms with van der Waals surface area (Å²) >= 11 is 6.10. The summed E-state index contributed by atoms with van der Waals surface area (Å²) in [5.74, 6) is -0.251. The highest BCUT2D eigenvalue weighted by Gasteiger charge is 2.24. The molecule has 0 atom stereocenters. The van der Waals surface area contributed by atoms with Crippen molar-refractivity contribution in [3.05, 3.63) is 55.9 Å². The molecule has 0 bridgehead atoms. The van der Waals surface area contributed by atoms with E-state index in [0.717, 1.165) is 24.2 Å². The molecule has 3 rings (SSSR count). The summed E-state index contributed by atoms with van der Waals surface area (Å²) in [6, 6.07) is 4.19. The molecule has 24 heavy (non-hydrogen) atoms. The van der Waals surface area contributed by atoms with Crippen molar-refractivity contribution in [2.24, 2.45) is 0 Å². The highest BCUT2D eigenvalue weighted by molar-refractivity contribution is 6.31. The maximum Gasteiger partial charge on any atom is 0.274 e. The van der Waals surface area contributed by atoms with Gasteiger partial charge in [-0.3, -0.25) is 20.0 Å². The van der Waals surface area contributed by atoms with E-state index in [1.807, 2.05) is 0 Å². The highest BCUT2D eigenvalue weighted by Crippen LogP contribution is 2.24. The minimum atomic E-state index is -0.489. The number of halogens is 1. The molecule has 2 N–H and O–H groups in total. The predicted molar refractivity (Wildman–Crippen MR) is 87.9 cm³/mol. The van der Waals surface area contributed by atoms with Gasteiger partial charge in [0.2, 0.25) is 0 Å². The normalized spacial score (nSPS) is 13.4. The molecule has 0 spiro atoms. The number of benzene rings is 1. The van der Waals surface area contributed by atoms with E-state index < -0.39 is 4.92 Å². The quantitative estimate of drug-likeness (QED) is 0.648. The minimum Gasteiger partial charge on any atom is -0.336 e. The molecule has 0 fully saturated rings. The first-order valence-corrected chi connectivity index (χ1v) is 7.80. The summed E-state index contributed by atoms with van der Waals surface area (Å²) in [5.41, 5.74) is 2.68. The molecule has 1 aliphatic rings. The SMILES string of the molecule is CN(Cc1cc([N+](=O)[O-])ccc1Cl)C(=O)c1n[nH]c2c1CNCC2. The van der Waals surface area contributed by atoms with Crippen LogP contribution >= 0.6 is 11.6 Å². The van der Waals surface area contributed by atoms with Crippen LogP contribution in [-0.4, -0.2) is 39.5 Å². The van der Waals surface area contributed by atoms with Crippen molar-refractivity contribution in [1.82, 2.24) is 20.4 Å². The van der Waals surface area contributed by atoms with Crippen molar-refractivity contribution in [2.45, 2.75) is 19.5 Å². The van der Waals surface area contributed by atoms with Crippen molar-refractivity contribution in [3.63, 3.8) is 0 Å². The smallest absolute Gasteiger partial charge is 0.274 e. The number of hydrogen-bond donors (Lipinski definition) is 2. The molecule has 1 amide bonds. The second-order valence-electron chi connectivity index (χ2n) is 5.65. The second-order valence-corrected chi connectivity index (χ2v) is 6.06. The molecule has 9 heteroatoms. The third-order valence-electron chi connectivity index (χ3n) is 4.00. The number of hydrogen-bond acceptors (Lipinski definition) is 5. The molecule has 1 aliphatic heterocycles. The third-order valence-corrected chi connectivity index (χ3v) is 4.37. The number of carbonyl (C=O) groups excluding carboxylic acids is 1. The van der Waals surface area contributed by atoms with Crippen LogP contribution in [-0.2, 0) is 19.5 Å². The van der Waals surface area contributed by atoms with Crippen LogP contribution in [0.4, 0.5) is 5.69 Å². The van der Waals surface area contributed by atoms with E-state index >= 15 is 0 Å². The third kappa shape index (κ3) is 3.10. The summed E-state index contributed by atoms with van der Waals surface area (Å²) in [7, 11) is 1.62. The van der Waals surface area contributed by atoms with Gasteiger partial charge in [-0.15, -0.1) is 0 Å². The maximum absolute atomic E-state index is 12.7. The molecule has 0 saturated heterocycles. The molecule has 0 unspecified atom stereocenters. The van der Waals surface area contributed by atoms with Crippen molar-refractivity contribution in [3.8, 4) is 0 Å². The van der Waals surface area contributed by atoms with Crippen LogP contribution in [0.15, 0.2) is 18.2 Å². The van der Waals surface area contributed by atoms with Gasteiger partial charge >= 0.3 is 0 Å². The van der Waals surface area contributed by atoms with Crippen LogP contribution in [0.5, 0.6) is 0 Å². The van der Waals surface area contributed by atoms with Gasteiger partial charge in [-0.25, -0.2) is 0 Å². The molecule has 1 aromatic heterocycles. The fourth-order valence-electron chi connectivity index (χ4n) is 2.71. The Morgan fingerprint density at radius 1 is 1.50 bits per heavy atom. The monoisotopic (exact) mass is 349 g/mol. The average Bonchev–Trinajstić information content (AvgIpc) is 2.99. The zero-order chi connectivity index (χ0) is 17.3. The number of nitrogens with one attached hydrogen (secondary N) is 2. The van der Waals surface area contributed by atoms with Gasteiger partial charge in [-0.1, -0.05) is 11.6 Å². The van der Waals surface area contributed by atoms with Gasteiger partial charge in [0.15, 0.2) is 5.69 Å². The van der Waals surface area contributed by atoms with Crippen molar-refractivity contribution >= 4 is 23.2 Å². The van der Waals surface area contributed by atoms with E-state index in [0.29, 0.717) is 22.8 Å². The van der Waals surface area contributed by atoms with Gasteiger partial charge in [0, 0.05) is 61.5 Å². The van der Waals surface area contributed by atoms with Gasteiger partial charge in [0.25, 0.3) is 11.6 Å². The lowest BCUT2D eigenvalue weighted by Crippen LogP contribution is -2.30. The zero-order valence-corrected chi connectivity index (χ0v) is 13.8. The zero-order valence-electron chi connectivity index (χ0n) is 13.0. The highest BCUT2D eigenvalue weighted by atomic mass is 35.5. The van der Waals surface area contributed by atoms with Crippen LogP contribution < -0.4 is 5.32 Å². The minimum absolute atomic E-state index is 0.0587. The molecule has 0 saturated carbocycles. The molecule has 126 valence electrons. The first kappa shape index (κ1) is 16.4. The number of nitrogens with zero attached hydrogens (tertiary/aromatic N) is 3. The lowest BCUT2D eigenvalue weighted by molar-refractivity contribution is -0.384. The van der Waals surface area contributed by atoms with Gasteiger partial charge < -0.3 is 10.2 Å². The van der Waals surface area contributed by atoms with E-state index in [1.54, 1.807) is 7.05 Å². The molecule has 0 aliphatic carbocycles. The fourth-order valence-corrected chi connectivity index (χ4v) is 2.88. The second kappa shape index (κ2) is 6.58. The molecule has 8 nitrogen and oxygen atoms in total. The molecule has 1 aromatic carbocycles. The Labute approximate surface area is 142 Å². The number of carbonyl (C=O) groups is 1. The molecular formula is C15H16ClN5O3. The Morgan fingerprint density at radius 3 is 3.04 bits per heavy atom. The molecule has 2 heterocycles. The lowest BCUT2D eigenvalue weighted by Gasteiger charge is -2.19. The van der Waals surface area contributed by atoms with Gasteiger partial charge in [0.05, 0.1) is 4.92 Å². The van der Waals surface area contributed by atoms with Crippen LogP contribution in [0.2, 0.25) is 5.02 Å². The molecule has 2 aromatic rings. The van der Waals surface area contributed by atoms with Crippen molar-refractivity contribution in [2.75, 3.05) is 13.6 Å². The fraction of sp³-hybridized carbons (Fsp3) is 0.333. The van der Waals surface area contributed by atoms with E-state index in [1.165, 1.54) is 23.1 Å². The van der Waals surface area contributed by atoms with Gasteiger partial charge in [0.1, 0.15) is 0 Å². The summed E-state index contributed by atoms with van der Waals surface area (Å²) in [4.78, 5) is 24.5. The first-order valence-electron chi connectivity index (χ1n) is 7.42. The van der Waals surface area contributed by atoms with Crippen molar-refractivity contribution < 1.29 is 9.72 Å². The lowest BCUT2D eigenvalue weighted by atomic mass is 10.1. The van der Waals surface area contributed by atoms with E-state index in [4.69, 9.17) is 11.6 Å². The van der Waals surface area contributed by atoms with Crippen LogP contribution in [0.1, 0.15) is 27.3 Å². The molecular weight excluding hydrogens is 334 g/mol. The number of aromatic nitrogens is 2. The summed E-state index contributed by atoms with van der Waals surface area (Å²) in [5, 5.41) is 21.5. The Hall–Kier alpha value is -2.45. The van der Waals surface area contributed by atoms with Crippen LogP contribution in [0, 0.1) is 10.1 Å². The number of amides is 1. The summed E-state index contributed by atoms with van der Waals surface area (Å²) in [6.07, 6.45) is 0.802. The number of nitro groups is 1. The van der Waals surface area contributed by atoms with Crippen LogP contribution in [0.25, 0.3) is 0 Å². The summed E-state index contributed by atoms with van der Waals surface area (Å²) < 4.78 is 0. The number of nitro benzene ring substituents is 1. The predicted octanol–water partition coefficient (Wildman–Crippen LogP) is 1.89. The van der Waals surface area contributed by atoms with E-state index in [2.05, 4.69) is 15.5 Å². The number of H-pyrrole nitrogens is 1. The number of non-ortho nitro benzene ring substituents is 1. The average molecular weight is 350 g/mol. The van der Waals surface area contributed by atoms with E-state index in [-0.39, 0.29) is 18.1 Å². The summed E-state index contributed by atoms with van der Waals surface area (Å²) in [6.45, 7) is 1.61. The standard InChI is InChI=1S/C15H16ClN5O3/c1-20(8-9-6-10(21(23)24)2-3-12(9)16)15(22)14-11-7-17-5-4-13(11)18-19-14/h2-3,6,17H,4-5,7-8H2,1H3,(H,18,19). The van der Waals surface area contributed by atoms with Gasteiger partial charge in [-0.05, 0) is 11.6 Å². The van der Waals surface area contributed by atoms with E-state index in [9.17, 15) is 14.9 Å².